The first-order valence-electron chi connectivity index (χ1n) is 11.2. The molecule has 9 heteroatoms. The monoisotopic (exact) mass is 493 g/mol. The molecule has 0 aliphatic carbocycles. The minimum atomic E-state index is -0.754. The molecule has 0 aliphatic rings. The Morgan fingerprint density at radius 1 is 1.06 bits per heavy atom. The number of phenols is 1. The molecule has 0 aliphatic heterocycles. The molecule has 0 spiro atoms. The van der Waals surface area contributed by atoms with Gasteiger partial charge in [-0.3, -0.25) is 9.59 Å². The normalized spacial score (nSPS) is 11.0. The first-order chi connectivity index (χ1) is 17.2. The zero-order chi connectivity index (χ0) is 25.8. The lowest BCUT2D eigenvalue weighted by atomic mass is 10.1. The maximum Gasteiger partial charge on any atom is 0.252 e. The largest absolute Gasteiger partial charge is 0.507 e. The summed E-state index contributed by atoms with van der Waals surface area (Å²) in [5.41, 5.74) is 8.09. The number of rotatable bonds is 9. The van der Waals surface area contributed by atoms with Crippen molar-refractivity contribution in [2.45, 2.75) is 19.4 Å². The maximum atomic E-state index is 13.8. The number of nitrogens with one attached hydrogen (secondary N) is 1. The average molecular weight is 494 g/mol. The second-order valence-corrected chi connectivity index (χ2v) is 8.39. The number of hydrogen-bond donors (Lipinski definition) is 3. The standard InChI is InChI=1S/C27H25F2N3O4/c1-36-20-5-7-24-22(13-20)18(8-9-31-26(34)11-17-3-4-19(28)12-23(17)29)15-32(24)14-16-2-6-21(27(30)35)25(33)10-16/h2-7,10,12-13,15,33H,8-9,11,14H2,1H3,(H2,30,35)(H,31,34). The van der Waals surface area contributed by atoms with E-state index in [9.17, 15) is 23.5 Å². The molecule has 1 aromatic heterocycles. The average Bonchev–Trinajstić information content (AvgIpc) is 3.17. The van der Waals surface area contributed by atoms with Crippen LogP contribution in [0.15, 0.2) is 60.8 Å². The third-order valence-electron chi connectivity index (χ3n) is 5.93. The van der Waals surface area contributed by atoms with Crippen LogP contribution in [0.4, 0.5) is 8.78 Å². The Labute approximate surface area is 206 Å². The molecule has 0 radical (unpaired) electrons. The molecule has 36 heavy (non-hydrogen) atoms. The molecule has 7 nitrogen and oxygen atoms in total. The lowest BCUT2D eigenvalue weighted by molar-refractivity contribution is -0.120. The summed E-state index contributed by atoms with van der Waals surface area (Å²) in [5.74, 6) is -2.02. The number of aromatic hydroxyl groups is 1. The predicted molar refractivity (Wildman–Crippen MR) is 131 cm³/mol. The SMILES string of the molecule is COc1ccc2c(c1)c(CCNC(=O)Cc1ccc(F)cc1F)cn2Cc1ccc(C(N)=O)c(O)c1. The number of nitrogens with zero attached hydrogens (tertiary/aromatic N) is 1. The number of hydrogen-bond acceptors (Lipinski definition) is 4. The molecule has 3 aromatic carbocycles. The van der Waals surface area contributed by atoms with Crippen LogP contribution in [-0.4, -0.2) is 35.1 Å². The maximum absolute atomic E-state index is 13.8. The van der Waals surface area contributed by atoms with Crippen molar-refractivity contribution < 1.29 is 28.2 Å². The van der Waals surface area contributed by atoms with Gasteiger partial charge in [-0.15, -0.1) is 0 Å². The molecule has 4 N–H and O–H groups in total. The topological polar surface area (TPSA) is 107 Å². The Kier molecular flexibility index (Phi) is 7.19. The van der Waals surface area contributed by atoms with Gasteiger partial charge in [-0.25, -0.2) is 8.78 Å². The number of nitrogens with two attached hydrogens (primary N) is 1. The molecular formula is C27H25F2N3O4. The molecule has 0 saturated heterocycles. The highest BCUT2D eigenvalue weighted by Crippen LogP contribution is 2.28. The Balaban J connectivity index is 1.50. The minimum Gasteiger partial charge on any atom is -0.507 e. The summed E-state index contributed by atoms with van der Waals surface area (Å²) >= 11 is 0. The zero-order valence-electron chi connectivity index (χ0n) is 19.6. The number of halogens is 2. The van der Waals surface area contributed by atoms with Gasteiger partial charge in [0.25, 0.3) is 5.91 Å². The highest BCUT2D eigenvalue weighted by molar-refractivity contribution is 5.95. The zero-order valence-corrected chi connectivity index (χ0v) is 19.6. The number of carbonyl (C=O) groups is 2. The smallest absolute Gasteiger partial charge is 0.252 e. The van der Waals surface area contributed by atoms with Crippen molar-refractivity contribution in [2.24, 2.45) is 5.73 Å². The number of primary amides is 1. The van der Waals surface area contributed by atoms with E-state index in [1.165, 1.54) is 18.2 Å². The van der Waals surface area contributed by atoms with Crippen LogP contribution in [0, 0.1) is 11.6 Å². The first-order valence-corrected chi connectivity index (χ1v) is 11.2. The highest BCUT2D eigenvalue weighted by Gasteiger charge is 2.14. The van der Waals surface area contributed by atoms with Gasteiger partial charge < -0.3 is 25.5 Å². The van der Waals surface area contributed by atoms with Gasteiger partial charge in [0.05, 0.1) is 19.1 Å². The summed E-state index contributed by atoms with van der Waals surface area (Å²) < 4.78 is 34.3. The lowest BCUT2D eigenvalue weighted by Crippen LogP contribution is -2.27. The quantitative estimate of drug-likeness (QED) is 0.331. The van der Waals surface area contributed by atoms with E-state index >= 15 is 0 Å². The fourth-order valence-electron chi connectivity index (χ4n) is 4.12. The van der Waals surface area contributed by atoms with Crippen molar-refractivity contribution in [3.05, 3.63) is 94.7 Å². The van der Waals surface area contributed by atoms with Crippen molar-refractivity contribution in [3.8, 4) is 11.5 Å². The second kappa shape index (κ2) is 10.5. The fraction of sp³-hybridized carbons (Fsp3) is 0.185. The molecule has 2 amide bonds. The van der Waals surface area contributed by atoms with Gasteiger partial charge in [-0.1, -0.05) is 12.1 Å². The van der Waals surface area contributed by atoms with Crippen molar-refractivity contribution in [3.63, 3.8) is 0 Å². The molecule has 1 heterocycles. The summed E-state index contributed by atoms with van der Waals surface area (Å²) in [5, 5.41) is 13.8. The van der Waals surface area contributed by atoms with Gasteiger partial charge in [-0.05, 0) is 59.5 Å². The van der Waals surface area contributed by atoms with Crippen LogP contribution in [0.5, 0.6) is 11.5 Å². The first kappa shape index (κ1) is 24.7. The molecular weight excluding hydrogens is 468 g/mol. The van der Waals surface area contributed by atoms with Crippen molar-refractivity contribution in [2.75, 3.05) is 13.7 Å². The van der Waals surface area contributed by atoms with Gasteiger partial charge in [0.15, 0.2) is 0 Å². The molecule has 0 unspecified atom stereocenters. The second-order valence-electron chi connectivity index (χ2n) is 8.39. The Morgan fingerprint density at radius 2 is 1.86 bits per heavy atom. The summed E-state index contributed by atoms with van der Waals surface area (Å²) in [4.78, 5) is 23.7. The third kappa shape index (κ3) is 5.46. The van der Waals surface area contributed by atoms with Gasteiger partial charge >= 0.3 is 0 Å². The van der Waals surface area contributed by atoms with Crippen LogP contribution < -0.4 is 15.8 Å². The van der Waals surface area contributed by atoms with Crippen molar-refractivity contribution >= 4 is 22.7 Å². The molecule has 186 valence electrons. The number of carbonyl (C=O) groups excluding carboxylic acids is 2. The van der Waals surface area contributed by atoms with E-state index < -0.39 is 17.5 Å². The number of amides is 2. The van der Waals surface area contributed by atoms with Crippen LogP contribution in [-0.2, 0) is 24.2 Å². The minimum absolute atomic E-state index is 0.0535. The number of methoxy groups -OCH3 is 1. The molecule has 0 fully saturated rings. The van der Waals surface area contributed by atoms with E-state index in [0.717, 1.165) is 34.2 Å². The molecule has 0 atom stereocenters. The van der Waals surface area contributed by atoms with Gasteiger partial charge in [-0.2, -0.15) is 0 Å². The summed E-state index contributed by atoms with van der Waals surface area (Å²) in [6.45, 7) is 0.734. The van der Waals surface area contributed by atoms with E-state index in [2.05, 4.69) is 5.32 Å². The van der Waals surface area contributed by atoms with E-state index in [1.54, 1.807) is 13.2 Å². The fourth-order valence-corrected chi connectivity index (χ4v) is 4.12. The van der Waals surface area contributed by atoms with Crippen molar-refractivity contribution in [1.82, 2.24) is 9.88 Å². The van der Waals surface area contributed by atoms with E-state index in [4.69, 9.17) is 10.5 Å². The van der Waals surface area contributed by atoms with Crippen LogP contribution in [0.1, 0.15) is 27.0 Å². The number of fused-ring (bicyclic) bond motifs is 1. The Bertz CT molecular complexity index is 1450. The van der Waals surface area contributed by atoms with Crippen LogP contribution in [0.3, 0.4) is 0 Å². The predicted octanol–water partition coefficient (Wildman–Crippen LogP) is 3.68. The highest BCUT2D eigenvalue weighted by atomic mass is 19.1. The Hall–Kier alpha value is -4.40. The van der Waals surface area contributed by atoms with E-state index in [-0.39, 0.29) is 29.2 Å². The summed E-state index contributed by atoms with van der Waals surface area (Å²) in [7, 11) is 1.58. The van der Waals surface area contributed by atoms with E-state index in [1.807, 2.05) is 29.0 Å². The lowest BCUT2D eigenvalue weighted by Gasteiger charge is -2.08. The van der Waals surface area contributed by atoms with Crippen LogP contribution in [0.2, 0.25) is 0 Å². The number of benzene rings is 3. The van der Waals surface area contributed by atoms with Gasteiger partial charge in [0.2, 0.25) is 5.91 Å². The van der Waals surface area contributed by atoms with Crippen LogP contribution >= 0.6 is 0 Å². The summed E-state index contributed by atoms with van der Waals surface area (Å²) in [6, 6.07) is 13.5. The molecule has 0 bridgehead atoms. The molecule has 4 rings (SSSR count). The Morgan fingerprint density at radius 3 is 2.56 bits per heavy atom. The number of aromatic nitrogens is 1. The third-order valence-corrected chi connectivity index (χ3v) is 5.93. The molecule has 4 aromatic rings. The van der Waals surface area contributed by atoms with Gasteiger partial charge in [0.1, 0.15) is 23.1 Å². The van der Waals surface area contributed by atoms with Gasteiger partial charge in [0, 0.05) is 36.3 Å². The molecule has 0 saturated carbocycles. The van der Waals surface area contributed by atoms with E-state index in [0.29, 0.717) is 25.3 Å². The van der Waals surface area contributed by atoms with Crippen LogP contribution in [0.25, 0.3) is 10.9 Å². The number of ether oxygens (including phenoxy) is 1. The summed E-state index contributed by atoms with van der Waals surface area (Å²) in [6.07, 6.45) is 2.27. The van der Waals surface area contributed by atoms with Crippen molar-refractivity contribution in [1.29, 1.82) is 0 Å².